The smallest absolute Gasteiger partial charge is 0.247 e. The molecule has 4 aliphatic carbocycles. The Morgan fingerprint density at radius 3 is 2.09 bits per heavy atom. The summed E-state index contributed by atoms with van der Waals surface area (Å²) in [7, 11) is 2.16. The van der Waals surface area contributed by atoms with E-state index < -0.39 is 0 Å². The first-order valence-corrected chi connectivity index (χ1v) is 13.1. The van der Waals surface area contributed by atoms with E-state index in [0.29, 0.717) is 5.91 Å². The maximum Gasteiger partial charge on any atom is 0.247 e. The highest BCUT2D eigenvalue weighted by atomic mass is 16.2. The average molecular weight is 451 g/mol. The molecule has 6 fully saturated rings. The number of rotatable bonds is 4. The van der Waals surface area contributed by atoms with Gasteiger partial charge in [-0.05, 0) is 100 Å². The van der Waals surface area contributed by atoms with Crippen molar-refractivity contribution in [2.75, 3.05) is 50.0 Å². The Kier molecular flexibility index (Phi) is 5.39. The van der Waals surface area contributed by atoms with E-state index in [0.717, 1.165) is 88.3 Å². The van der Waals surface area contributed by atoms with Gasteiger partial charge in [-0.25, -0.2) is 0 Å². The first kappa shape index (κ1) is 21.5. The van der Waals surface area contributed by atoms with E-state index in [1.165, 1.54) is 24.9 Å². The number of piperazine rings is 1. The van der Waals surface area contributed by atoms with Crippen LogP contribution in [0.1, 0.15) is 51.4 Å². The lowest BCUT2D eigenvalue weighted by atomic mass is 9.49. The Balaban J connectivity index is 1.11. The summed E-state index contributed by atoms with van der Waals surface area (Å²) in [5.74, 6) is 2.51. The number of carbonyl (C=O) groups is 2. The van der Waals surface area contributed by atoms with Crippen LogP contribution in [0, 0.1) is 23.2 Å². The SMILES string of the molecule is CN1CCN(c2ccc(NC(=O)[C@H]3CCCN3C(=O)C34CC5CC(CC(C5)C3)C4)cc2)CC1. The molecule has 2 amide bonds. The zero-order chi connectivity index (χ0) is 22.6. The number of likely N-dealkylation sites (tertiary alicyclic amines) is 1. The highest BCUT2D eigenvalue weighted by molar-refractivity contribution is 5.98. The molecule has 1 atom stereocenters. The monoisotopic (exact) mass is 450 g/mol. The molecule has 2 saturated heterocycles. The van der Waals surface area contributed by atoms with Crippen molar-refractivity contribution in [3.05, 3.63) is 24.3 Å². The molecule has 1 aromatic carbocycles. The van der Waals surface area contributed by atoms with Gasteiger partial charge in [0.15, 0.2) is 0 Å². The lowest BCUT2D eigenvalue weighted by Crippen LogP contribution is -2.56. The summed E-state index contributed by atoms with van der Waals surface area (Å²) in [6, 6.07) is 7.90. The first-order chi connectivity index (χ1) is 16.0. The normalized spacial score (nSPS) is 35.8. The van der Waals surface area contributed by atoms with E-state index in [1.54, 1.807) is 0 Å². The number of nitrogens with zero attached hydrogens (tertiary/aromatic N) is 3. The van der Waals surface area contributed by atoms with Gasteiger partial charge in [0.2, 0.25) is 11.8 Å². The molecule has 2 heterocycles. The average Bonchev–Trinajstić information content (AvgIpc) is 3.29. The standard InChI is InChI=1S/C27H38N4O2/c1-29-9-11-30(12-10-29)23-6-4-22(5-7-23)28-25(32)24-3-2-8-31(24)26(33)27-16-19-13-20(17-27)15-21(14-19)18-27/h4-7,19-21,24H,2-3,8-18H2,1H3,(H,28,32)/t19?,20?,21?,24-,27?/m1/s1. The number of carbonyl (C=O) groups excluding carboxylic acids is 2. The largest absolute Gasteiger partial charge is 0.369 e. The van der Waals surface area contributed by atoms with Crippen molar-refractivity contribution < 1.29 is 9.59 Å². The number of likely N-dealkylation sites (N-methyl/N-ethyl adjacent to an activating group) is 1. The molecule has 6 aliphatic rings. The van der Waals surface area contributed by atoms with E-state index >= 15 is 0 Å². The van der Waals surface area contributed by atoms with Crippen LogP contribution in [0.15, 0.2) is 24.3 Å². The minimum absolute atomic E-state index is 0.0158. The van der Waals surface area contributed by atoms with Gasteiger partial charge < -0.3 is 20.0 Å². The topological polar surface area (TPSA) is 55.9 Å². The van der Waals surface area contributed by atoms with Crippen LogP contribution in [0.25, 0.3) is 0 Å². The number of anilines is 2. The van der Waals surface area contributed by atoms with Crippen LogP contribution in [0.3, 0.4) is 0 Å². The van der Waals surface area contributed by atoms with Gasteiger partial charge in [0.1, 0.15) is 6.04 Å². The summed E-state index contributed by atoms with van der Waals surface area (Å²) >= 11 is 0. The molecule has 0 aromatic heterocycles. The summed E-state index contributed by atoms with van der Waals surface area (Å²) in [5.41, 5.74) is 1.87. The fourth-order valence-corrected chi connectivity index (χ4v) is 8.01. The van der Waals surface area contributed by atoms with Crippen LogP contribution in [0.4, 0.5) is 11.4 Å². The summed E-state index contributed by atoms with van der Waals surface area (Å²) in [5, 5.41) is 3.12. The van der Waals surface area contributed by atoms with Crippen molar-refractivity contribution in [2.45, 2.75) is 57.4 Å². The summed E-state index contributed by atoms with van der Waals surface area (Å²) in [6.07, 6.45) is 8.91. The van der Waals surface area contributed by atoms with Crippen LogP contribution in [0.5, 0.6) is 0 Å². The summed E-state index contributed by atoms with van der Waals surface area (Å²) in [4.78, 5) is 33.8. The number of hydrogen-bond acceptors (Lipinski definition) is 4. The van der Waals surface area contributed by atoms with Gasteiger partial charge in [-0.15, -0.1) is 0 Å². The zero-order valence-electron chi connectivity index (χ0n) is 20.0. The quantitative estimate of drug-likeness (QED) is 0.762. The van der Waals surface area contributed by atoms with Crippen LogP contribution in [-0.2, 0) is 9.59 Å². The fraction of sp³-hybridized carbons (Fsp3) is 0.704. The molecule has 1 N–H and O–H groups in total. The van der Waals surface area contributed by atoms with Gasteiger partial charge in [-0.1, -0.05) is 0 Å². The lowest BCUT2D eigenvalue weighted by molar-refractivity contribution is -0.160. The predicted octanol–water partition coefficient (Wildman–Crippen LogP) is 3.58. The second kappa shape index (κ2) is 8.30. The van der Waals surface area contributed by atoms with Crippen molar-refractivity contribution in [1.82, 2.24) is 9.80 Å². The molecule has 1 aromatic rings. The predicted molar refractivity (Wildman–Crippen MR) is 130 cm³/mol. The maximum absolute atomic E-state index is 13.8. The third-order valence-corrected chi connectivity index (χ3v) is 9.31. The molecular weight excluding hydrogens is 412 g/mol. The third-order valence-electron chi connectivity index (χ3n) is 9.31. The van der Waals surface area contributed by atoms with Gasteiger partial charge in [0.05, 0.1) is 5.41 Å². The van der Waals surface area contributed by atoms with Gasteiger partial charge >= 0.3 is 0 Å². The number of amides is 2. The van der Waals surface area contributed by atoms with Gasteiger partial charge in [-0.2, -0.15) is 0 Å². The molecule has 178 valence electrons. The van der Waals surface area contributed by atoms with E-state index in [1.807, 2.05) is 17.0 Å². The van der Waals surface area contributed by atoms with Crippen molar-refractivity contribution in [3.8, 4) is 0 Å². The Hall–Kier alpha value is -2.08. The van der Waals surface area contributed by atoms with E-state index in [4.69, 9.17) is 0 Å². The molecule has 0 spiro atoms. The lowest BCUT2D eigenvalue weighted by Gasteiger charge is -2.56. The van der Waals surface area contributed by atoms with Gasteiger partial charge in [0, 0.05) is 44.1 Å². The van der Waals surface area contributed by atoms with Crippen molar-refractivity contribution >= 4 is 23.2 Å². The van der Waals surface area contributed by atoms with Crippen LogP contribution >= 0.6 is 0 Å². The highest BCUT2D eigenvalue weighted by Crippen LogP contribution is 2.60. The molecule has 4 saturated carbocycles. The van der Waals surface area contributed by atoms with Crippen molar-refractivity contribution in [2.24, 2.45) is 23.2 Å². The second-order valence-corrected chi connectivity index (χ2v) is 11.7. The number of nitrogens with one attached hydrogen (secondary N) is 1. The van der Waals surface area contributed by atoms with Crippen LogP contribution in [0.2, 0.25) is 0 Å². The summed E-state index contributed by atoms with van der Waals surface area (Å²) < 4.78 is 0. The van der Waals surface area contributed by atoms with Crippen LogP contribution < -0.4 is 10.2 Å². The van der Waals surface area contributed by atoms with Crippen molar-refractivity contribution in [1.29, 1.82) is 0 Å². The zero-order valence-corrected chi connectivity index (χ0v) is 20.0. The fourth-order valence-electron chi connectivity index (χ4n) is 8.01. The minimum atomic E-state index is -0.317. The molecule has 7 rings (SSSR count). The Morgan fingerprint density at radius 1 is 0.879 bits per heavy atom. The Bertz CT molecular complexity index is 870. The molecule has 2 aliphatic heterocycles. The molecular formula is C27H38N4O2. The minimum Gasteiger partial charge on any atom is -0.369 e. The highest BCUT2D eigenvalue weighted by Gasteiger charge is 2.56. The molecule has 6 heteroatoms. The molecule has 0 radical (unpaired) electrons. The van der Waals surface area contributed by atoms with Gasteiger partial charge in [-0.3, -0.25) is 9.59 Å². The van der Waals surface area contributed by atoms with E-state index in [-0.39, 0.29) is 17.4 Å². The molecule has 0 unspecified atom stereocenters. The van der Waals surface area contributed by atoms with Gasteiger partial charge in [0.25, 0.3) is 0 Å². The maximum atomic E-state index is 13.8. The Morgan fingerprint density at radius 2 is 1.48 bits per heavy atom. The molecule has 33 heavy (non-hydrogen) atoms. The van der Waals surface area contributed by atoms with Crippen molar-refractivity contribution in [3.63, 3.8) is 0 Å². The third kappa shape index (κ3) is 3.94. The summed E-state index contributed by atoms with van der Waals surface area (Å²) in [6.45, 7) is 4.96. The van der Waals surface area contributed by atoms with Crippen LogP contribution in [-0.4, -0.2) is 67.4 Å². The van der Waals surface area contributed by atoms with E-state index in [9.17, 15) is 9.59 Å². The first-order valence-electron chi connectivity index (χ1n) is 13.1. The van der Waals surface area contributed by atoms with E-state index in [2.05, 4.69) is 34.3 Å². The number of benzene rings is 1. The Labute approximate surface area is 197 Å². The molecule has 4 bridgehead atoms. The second-order valence-electron chi connectivity index (χ2n) is 11.7. The number of hydrogen-bond donors (Lipinski definition) is 1. The molecule has 6 nitrogen and oxygen atoms in total.